The molecule has 0 aromatic heterocycles. The summed E-state index contributed by atoms with van der Waals surface area (Å²) >= 11 is 0. The highest BCUT2D eigenvalue weighted by atomic mass is 32.2. The first-order valence-corrected chi connectivity index (χ1v) is 8.24. The third kappa shape index (κ3) is 4.84. The van der Waals surface area contributed by atoms with Gasteiger partial charge in [-0.15, -0.1) is 0 Å². The van der Waals surface area contributed by atoms with E-state index >= 15 is 0 Å². The molecule has 112 valence electrons. The Balaban J connectivity index is 2.15. The summed E-state index contributed by atoms with van der Waals surface area (Å²) in [5.41, 5.74) is 0.749. The second kappa shape index (κ2) is 6.69. The Morgan fingerprint density at radius 3 is 2.33 bits per heavy atom. The van der Waals surface area contributed by atoms with Crippen LogP contribution in [0.2, 0.25) is 0 Å². The van der Waals surface area contributed by atoms with Gasteiger partial charge in [0.05, 0.1) is 12.3 Å². The number of sulfonamides is 1. The summed E-state index contributed by atoms with van der Waals surface area (Å²) < 4.78 is 44.3. The van der Waals surface area contributed by atoms with Crippen molar-refractivity contribution in [2.24, 2.45) is 0 Å². The highest BCUT2D eigenvalue weighted by Gasteiger charge is 2.17. The smallest absolute Gasteiger partial charge is 0.209 e. The molecular formula is C15H16FNO3S. The van der Waals surface area contributed by atoms with Crippen molar-refractivity contribution in [3.8, 4) is 5.75 Å². The number of halogens is 1. The minimum absolute atomic E-state index is 0.00197. The number of ether oxygens (including phenoxy) is 1. The number of rotatable bonds is 6. The Bertz CT molecular complexity index is 689. The van der Waals surface area contributed by atoms with Gasteiger partial charge < -0.3 is 4.74 Å². The molecule has 0 saturated heterocycles. The van der Waals surface area contributed by atoms with Crippen LogP contribution in [-0.2, 0) is 10.0 Å². The van der Waals surface area contributed by atoms with E-state index in [4.69, 9.17) is 4.74 Å². The maximum absolute atomic E-state index is 13.5. The second-order valence-corrected chi connectivity index (χ2v) is 6.37. The van der Waals surface area contributed by atoms with E-state index in [1.54, 1.807) is 36.4 Å². The van der Waals surface area contributed by atoms with Crippen molar-refractivity contribution >= 4 is 10.0 Å². The van der Waals surface area contributed by atoms with E-state index in [-0.39, 0.29) is 12.4 Å². The van der Waals surface area contributed by atoms with Crippen LogP contribution in [0, 0.1) is 5.82 Å². The van der Waals surface area contributed by atoms with Gasteiger partial charge in [0.2, 0.25) is 10.0 Å². The van der Waals surface area contributed by atoms with Crippen LogP contribution in [0.25, 0.3) is 0 Å². The first kappa shape index (κ1) is 15.5. The van der Waals surface area contributed by atoms with Crippen LogP contribution < -0.4 is 9.46 Å². The fourth-order valence-corrected chi connectivity index (χ4v) is 2.60. The molecule has 4 nitrogen and oxygen atoms in total. The van der Waals surface area contributed by atoms with Crippen molar-refractivity contribution in [3.63, 3.8) is 0 Å². The van der Waals surface area contributed by atoms with Crippen molar-refractivity contribution < 1.29 is 17.5 Å². The molecule has 0 spiro atoms. The minimum Gasteiger partial charge on any atom is -0.488 e. The quantitative estimate of drug-likeness (QED) is 0.892. The molecule has 0 amide bonds. The first-order chi connectivity index (χ1) is 9.96. The fourth-order valence-electron chi connectivity index (χ4n) is 1.88. The zero-order chi connectivity index (χ0) is 15.3. The van der Waals surface area contributed by atoms with Gasteiger partial charge >= 0.3 is 0 Å². The molecule has 0 unspecified atom stereocenters. The Hall–Kier alpha value is -1.92. The normalized spacial score (nSPS) is 12.9. The van der Waals surface area contributed by atoms with E-state index in [9.17, 15) is 12.8 Å². The van der Waals surface area contributed by atoms with Crippen molar-refractivity contribution in [1.82, 2.24) is 4.72 Å². The lowest BCUT2D eigenvalue weighted by atomic mass is 10.1. The average Bonchev–Trinajstić information content (AvgIpc) is 2.45. The summed E-state index contributed by atoms with van der Waals surface area (Å²) in [7, 11) is -3.41. The van der Waals surface area contributed by atoms with Crippen LogP contribution in [0.1, 0.15) is 11.6 Å². The average molecular weight is 309 g/mol. The van der Waals surface area contributed by atoms with Crippen molar-refractivity contribution in [3.05, 3.63) is 66.0 Å². The van der Waals surface area contributed by atoms with Crippen molar-refractivity contribution in [2.45, 2.75) is 6.04 Å². The molecule has 1 atom stereocenters. The second-order valence-electron chi connectivity index (χ2n) is 4.59. The summed E-state index contributed by atoms with van der Waals surface area (Å²) in [5.74, 6) is -0.391. The summed E-state index contributed by atoms with van der Waals surface area (Å²) in [4.78, 5) is 0. The topological polar surface area (TPSA) is 55.4 Å². The zero-order valence-electron chi connectivity index (χ0n) is 11.5. The maximum Gasteiger partial charge on any atom is 0.209 e. The van der Waals surface area contributed by atoms with E-state index in [2.05, 4.69) is 4.72 Å². The molecule has 0 aliphatic carbocycles. The highest BCUT2D eigenvalue weighted by molar-refractivity contribution is 7.88. The number of nitrogens with one attached hydrogen (secondary N) is 1. The molecule has 0 aliphatic heterocycles. The lowest BCUT2D eigenvalue weighted by molar-refractivity contribution is 0.269. The van der Waals surface area contributed by atoms with Gasteiger partial charge in [0.1, 0.15) is 6.61 Å². The number of hydrogen-bond acceptors (Lipinski definition) is 3. The summed E-state index contributed by atoms with van der Waals surface area (Å²) in [6, 6.07) is 14.4. The standard InChI is InChI=1S/C15H16FNO3S/c1-21(18,19)17-14(12-7-3-2-4-8-12)11-20-15-10-6-5-9-13(15)16/h2-10,14,17H,11H2,1H3/t14-/m0/s1. The SMILES string of the molecule is CS(=O)(=O)N[C@@H](COc1ccccc1F)c1ccccc1. The maximum atomic E-state index is 13.5. The summed E-state index contributed by atoms with van der Waals surface area (Å²) in [6.45, 7) is -0.00197. The molecule has 0 bridgehead atoms. The summed E-state index contributed by atoms with van der Waals surface area (Å²) in [6.07, 6.45) is 1.08. The molecule has 0 radical (unpaired) electrons. The van der Waals surface area contributed by atoms with Gasteiger partial charge in [0.25, 0.3) is 0 Å². The third-order valence-electron chi connectivity index (χ3n) is 2.80. The van der Waals surface area contributed by atoms with Gasteiger partial charge in [-0.2, -0.15) is 0 Å². The Kier molecular flexibility index (Phi) is 4.93. The van der Waals surface area contributed by atoms with Gasteiger partial charge in [0, 0.05) is 0 Å². The number of para-hydroxylation sites is 1. The zero-order valence-corrected chi connectivity index (χ0v) is 12.3. The first-order valence-electron chi connectivity index (χ1n) is 6.35. The van der Waals surface area contributed by atoms with Crippen LogP contribution in [-0.4, -0.2) is 21.3 Å². The monoisotopic (exact) mass is 309 g/mol. The minimum atomic E-state index is -3.41. The van der Waals surface area contributed by atoms with Crippen LogP contribution >= 0.6 is 0 Å². The molecule has 21 heavy (non-hydrogen) atoms. The Labute approximate surface area is 123 Å². The van der Waals surface area contributed by atoms with Gasteiger partial charge in [0.15, 0.2) is 11.6 Å². The lowest BCUT2D eigenvalue weighted by Crippen LogP contribution is -2.31. The Morgan fingerprint density at radius 2 is 1.71 bits per heavy atom. The Morgan fingerprint density at radius 1 is 1.10 bits per heavy atom. The van der Waals surface area contributed by atoms with Crippen molar-refractivity contribution in [1.29, 1.82) is 0 Å². The molecule has 6 heteroatoms. The molecule has 0 heterocycles. The van der Waals surface area contributed by atoms with Gasteiger partial charge in [-0.3, -0.25) is 0 Å². The third-order valence-corrected chi connectivity index (χ3v) is 3.51. The van der Waals surface area contributed by atoms with E-state index in [1.165, 1.54) is 12.1 Å². The molecule has 0 fully saturated rings. The van der Waals surface area contributed by atoms with Crippen LogP contribution in [0.5, 0.6) is 5.75 Å². The molecule has 2 rings (SSSR count). The highest BCUT2D eigenvalue weighted by Crippen LogP contribution is 2.19. The number of benzene rings is 2. The molecule has 0 aliphatic rings. The van der Waals surface area contributed by atoms with Crippen LogP contribution in [0.15, 0.2) is 54.6 Å². The van der Waals surface area contributed by atoms with E-state index in [0.29, 0.717) is 0 Å². The molecule has 0 saturated carbocycles. The molecule has 1 N–H and O–H groups in total. The van der Waals surface area contributed by atoms with Gasteiger partial charge in [-0.1, -0.05) is 42.5 Å². The van der Waals surface area contributed by atoms with Gasteiger partial charge in [-0.05, 0) is 17.7 Å². The summed E-state index contributed by atoms with van der Waals surface area (Å²) in [5, 5.41) is 0. The predicted octanol–water partition coefficient (Wildman–Crippen LogP) is 2.50. The number of hydrogen-bond donors (Lipinski definition) is 1. The molecular weight excluding hydrogens is 293 g/mol. The fraction of sp³-hybridized carbons (Fsp3) is 0.200. The molecule has 2 aromatic rings. The largest absolute Gasteiger partial charge is 0.488 e. The van der Waals surface area contributed by atoms with Crippen LogP contribution in [0.3, 0.4) is 0 Å². The molecule has 2 aromatic carbocycles. The van der Waals surface area contributed by atoms with E-state index in [1.807, 2.05) is 6.07 Å². The van der Waals surface area contributed by atoms with Gasteiger partial charge in [-0.25, -0.2) is 17.5 Å². The lowest BCUT2D eigenvalue weighted by Gasteiger charge is -2.18. The predicted molar refractivity (Wildman–Crippen MR) is 79.1 cm³/mol. The van der Waals surface area contributed by atoms with E-state index < -0.39 is 21.9 Å². The van der Waals surface area contributed by atoms with E-state index in [0.717, 1.165) is 11.8 Å². The van der Waals surface area contributed by atoms with Crippen LogP contribution in [0.4, 0.5) is 4.39 Å². The van der Waals surface area contributed by atoms with Crippen molar-refractivity contribution in [2.75, 3.05) is 12.9 Å².